The van der Waals surface area contributed by atoms with E-state index in [1.54, 1.807) is 24.1 Å². The average Bonchev–Trinajstić information content (AvgIpc) is 2.96. The van der Waals surface area contributed by atoms with Crippen molar-refractivity contribution < 1.29 is 13.9 Å². The monoisotopic (exact) mass is 545 g/mol. The van der Waals surface area contributed by atoms with Crippen molar-refractivity contribution in [3.05, 3.63) is 80.3 Å². The summed E-state index contributed by atoms with van der Waals surface area (Å²) in [5, 5.41) is 9.40. The second kappa shape index (κ2) is 12.0. The van der Waals surface area contributed by atoms with E-state index in [1.807, 2.05) is 33.0 Å². The Hall–Kier alpha value is -4.03. The maximum absolute atomic E-state index is 14.9. The highest BCUT2D eigenvalue weighted by Crippen LogP contribution is 2.36. The molecular weight excluding hydrogens is 509 g/mol. The molecular formula is C31H36FN5O3. The number of aromatic nitrogens is 2. The molecule has 0 saturated heterocycles. The van der Waals surface area contributed by atoms with Gasteiger partial charge >= 0.3 is 0 Å². The normalized spacial score (nSPS) is 13.8. The van der Waals surface area contributed by atoms with E-state index >= 15 is 0 Å². The number of ether oxygens (including phenoxy) is 1. The Morgan fingerprint density at radius 3 is 2.60 bits per heavy atom. The number of likely N-dealkylation sites (N-methyl/N-ethyl adjacent to an activating group) is 1. The number of carbonyl (C=O) groups is 1. The van der Waals surface area contributed by atoms with Crippen LogP contribution in [-0.4, -0.2) is 58.5 Å². The summed E-state index contributed by atoms with van der Waals surface area (Å²) in [6.45, 7) is 10.0. The Kier molecular flexibility index (Phi) is 8.70. The van der Waals surface area contributed by atoms with E-state index in [1.165, 1.54) is 17.8 Å². The standard InChI is InChI=1S/C31H36FN5O3/c1-7-35(5)11-9-21-13-24(26-18-36(6)31(39)29(32)19(26)3)23-10-12-37(30(38)25(23)14-21)20(4)27-15-28(40-8-2)22(16-33)17-34-27/h13-15,17-18,20H,7-12H2,1-6H3/t20-/m0/s1. The lowest BCUT2D eigenvalue weighted by atomic mass is 9.86. The van der Waals surface area contributed by atoms with E-state index in [-0.39, 0.29) is 17.5 Å². The summed E-state index contributed by atoms with van der Waals surface area (Å²) in [5.74, 6) is -0.462. The molecule has 1 amide bonds. The van der Waals surface area contributed by atoms with Crippen molar-refractivity contribution in [3.63, 3.8) is 0 Å². The first-order chi connectivity index (χ1) is 19.1. The van der Waals surface area contributed by atoms with Gasteiger partial charge in [-0.2, -0.15) is 5.26 Å². The van der Waals surface area contributed by atoms with E-state index in [0.717, 1.165) is 36.2 Å². The summed E-state index contributed by atoms with van der Waals surface area (Å²) in [7, 11) is 3.58. The molecule has 0 aliphatic carbocycles. The fourth-order valence-electron chi connectivity index (χ4n) is 5.17. The van der Waals surface area contributed by atoms with Gasteiger partial charge in [0.25, 0.3) is 11.5 Å². The highest BCUT2D eigenvalue weighted by Gasteiger charge is 2.32. The number of carbonyl (C=O) groups excluding carboxylic acids is 1. The quantitative estimate of drug-likeness (QED) is 0.395. The van der Waals surface area contributed by atoms with E-state index < -0.39 is 11.4 Å². The van der Waals surface area contributed by atoms with Crippen molar-refractivity contribution in [1.82, 2.24) is 19.4 Å². The van der Waals surface area contributed by atoms with Crippen LogP contribution in [0.5, 0.6) is 5.75 Å². The van der Waals surface area contributed by atoms with Gasteiger partial charge in [0.15, 0.2) is 5.82 Å². The van der Waals surface area contributed by atoms with Gasteiger partial charge in [-0.1, -0.05) is 13.0 Å². The zero-order chi connectivity index (χ0) is 29.1. The van der Waals surface area contributed by atoms with Crippen LogP contribution in [-0.2, 0) is 19.9 Å². The first-order valence-corrected chi connectivity index (χ1v) is 13.6. The lowest BCUT2D eigenvalue weighted by molar-refractivity contribution is 0.0669. The van der Waals surface area contributed by atoms with Crippen molar-refractivity contribution >= 4 is 5.91 Å². The summed E-state index contributed by atoms with van der Waals surface area (Å²) in [4.78, 5) is 34.7. The molecule has 0 N–H and O–H groups in total. The summed E-state index contributed by atoms with van der Waals surface area (Å²) >= 11 is 0. The van der Waals surface area contributed by atoms with Gasteiger partial charge in [0.2, 0.25) is 0 Å². The van der Waals surface area contributed by atoms with Gasteiger partial charge in [0.1, 0.15) is 17.4 Å². The minimum Gasteiger partial charge on any atom is -0.492 e. The van der Waals surface area contributed by atoms with E-state index in [4.69, 9.17) is 4.74 Å². The van der Waals surface area contributed by atoms with Crippen molar-refractivity contribution in [3.8, 4) is 22.9 Å². The Labute approximate surface area is 234 Å². The van der Waals surface area contributed by atoms with Gasteiger partial charge in [-0.3, -0.25) is 14.6 Å². The number of amides is 1. The molecule has 0 radical (unpaired) electrons. The second-order valence-corrected chi connectivity index (χ2v) is 10.3. The van der Waals surface area contributed by atoms with Crippen LogP contribution in [0.4, 0.5) is 4.39 Å². The summed E-state index contributed by atoms with van der Waals surface area (Å²) in [6, 6.07) is 7.46. The first-order valence-electron chi connectivity index (χ1n) is 13.6. The van der Waals surface area contributed by atoms with Crippen LogP contribution in [0.3, 0.4) is 0 Å². The molecule has 0 spiro atoms. The third-order valence-electron chi connectivity index (χ3n) is 7.78. The predicted octanol–water partition coefficient (Wildman–Crippen LogP) is 4.42. The highest BCUT2D eigenvalue weighted by molar-refractivity contribution is 5.99. The zero-order valence-corrected chi connectivity index (χ0v) is 24.0. The molecule has 0 fully saturated rings. The minimum absolute atomic E-state index is 0.132. The van der Waals surface area contributed by atoms with Gasteiger partial charge in [-0.15, -0.1) is 0 Å². The Morgan fingerprint density at radius 2 is 1.93 bits per heavy atom. The number of halogens is 1. The fourth-order valence-corrected chi connectivity index (χ4v) is 5.17. The fraction of sp³-hybridized carbons (Fsp3) is 0.419. The number of benzene rings is 1. The molecule has 1 aliphatic rings. The highest BCUT2D eigenvalue weighted by atomic mass is 19.1. The first kappa shape index (κ1) is 29.0. The number of fused-ring (bicyclic) bond motifs is 1. The molecule has 1 aliphatic heterocycles. The largest absolute Gasteiger partial charge is 0.492 e. The van der Waals surface area contributed by atoms with Crippen LogP contribution in [0.1, 0.15) is 65.1 Å². The number of pyridine rings is 2. The predicted molar refractivity (Wildman–Crippen MR) is 152 cm³/mol. The molecule has 1 atom stereocenters. The molecule has 0 saturated carbocycles. The van der Waals surface area contributed by atoms with Crippen molar-refractivity contribution in [2.45, 2.75) is 46.6 Å². The smallest absolute Gasteiger partial charge is 0.286 e. The molecule has 3 aromatic rings. The lowest BCUT2D eigenvalue weighted by Gasteiger charge is -2.35. The van der Waals surface area contributed by atoms with E-state index in [0.29, 0.717) is 47.7 Å². The lowest BCUT2D eigenvalue weighted by Crippen LogP contribution is -2.40. The summed E-state index contributed by atoms with van der Waals surface area (Å²) in [5.41, 5.74) is 4.40. The molecule has 0 unspecified atom stereocenters. The molecule has 0 bridgehead atoms. The Bertz CT molecular complexity index is 1540. The van der Waals surface area contributed by atoms with Crippen LogP contribution in [0, 0.1) is 24.1 Å². The van der Waals surface area contributed by atoms with E-state index in [2.05, 4.69) is 22.9 Å². The molecule has 2 aromatic heterocycles. The number of rotatable bonds is 9. The van der Waals surface area contributed by atoms with Crippen LogP contribution in [0.2, 0.25) is 0 Å². The van der Waals surface area contributed by atoms with Crippen molar-refractivity contribution in [2.75, 3.05) is 33.3 Å². The molecule has 40 heavy (non-hydrogen) atoms. The molecule has 8 nitrogen and oxygen atoms in total. The summed E-state index contributed by atoms with van der Waals surface area (Å²) < 4.78 is 21.8. The average molecular weight is 546 g/mol. The molecule has 9 heteroatoms. The van der Waals surface area contributed by atoms with Gasteiger partial charge in [-0.25, -0.2) is 4.39 Å². The van der Waals surface area contributed by atoms with Crippen molar-refractivity contribution in [1.29, 1.82) is 5.26 Å². The van der Waals surface area contributed by atoms with Gasteiger partial charge in [0, 0.05) is 49.7 Å². The number of aryl methyl sites for hydroxylation is 1. The summed E-state index contributed by atoms with van der Waals surface area (Å²) in [6.07, 6.45) is 4.42. The number of nitrogens with zero attached hydrogens (tertiary/aromatic N) is 5. The third kappa shape index (κ3) is 5.50. The third-order valence-corrected chi connectivity index (χ3v) is 7.78. The zero-order valence-electron chi connectivity index (χ0n) is 24.0. The van der Waals surface area contributed by atoms with Crippen molar-refractivity contribution in [2.24, 2.45) is 7.05 Å². The Morgan fingerprint density at radius 1 is 1.20 bits per heavy atom. The maximum atomic E-state index is 14.9. The molecule has 210 valence electrons. The second-order valence-electron chi connectivity index (χ2n) is 10.3. The Balaban J connectivity index is 1.80. The maximum Gasteiger partial charge on any atom is 0.286 e. The minimum atomic E-state index is -0.778. The van der Waals surface area contributed by atoms with E-state index in [9.17, 15) is 19.2 Å². The van der Waals surface area contributed by atoms with Crippen LogP contribution < -0.4 is 10.3 Å². The van der Waals surface area contributed by atoms with Gasteiger partial charge in [0.05, 0.1) is 18.3 Å². The SMILES string of the molecule is CCOc1cc([C@H](C)N2CCc3c(cc(CCN(C)CC)cc3-c3cn(C)c(=O)c(F)c3C)C2=O)ncc1C#N. The van der Waals surface area contributed by atoms with Gasteiger partial charge < -0.3 is 19.1 Å². The van der Waals surface area contributed by atoms with Crippen LogP contribution in [0.25, 0.3) is 11.1 Å². The topological polar surface area (TPSA) is 91.5 Å². The number of nitriles is 1. The van der Waals surface area contributed by atoms with Crippen LogP contribution in [0.15, 0.2) is 35.4 Å². The van der Waals surface area contributed by atoms with Gasteiger partial charge in [-0.05, 0) is 75.5 Å². The molecule has 4 rings (SSSR count). The number of hydrogen-bond donors (Lipinski definition) is 0. The number of hydrogen-bond acceptors (Lipinski definition) is 6. The van der Waals surface area contributed by atoms with Crippen LogP contribution >= 0.6 is 0 Å². The molecule has 1 aromatic carbocycles. The molecule has 3 heterocycles.